The highest BCUT2D eigenvalue weighted by Gasteiger charge is 2.16. The largest absolute Gasteiger partial charge is 0.398 e. The van der Waals surface area contributed by atoms with Crippen molar-refractivity contribution in [3.8, 4) is 0 Å². The minimum Gasteiger partial charge on any atom is -0.398 e. The molecule has 0 saturated carbocycles. The molecule has 2 rings (SSSR count). The van der Waals surface area contributed by atoms with Gasteiger partial charge in [0.2, 0.25) is 10.0 Å². The van der Waals surface area contributed by atoms with Crippen molar-refractivity contribution in [1.82, 2.24) is 9.71 Å². The topological polar surface area (TPSA) is 97.1 Å². The zero-order valence-corrected chi connectivity index (χ0v) is 13.7. The van der Waals surface area contributed by atoms with Crippen molar-refractivity contribution < 1.29 is 8.42 Å². The van der Waals surface area contributed by atoms with Crippen molar-refractivity contribution in [2.45, 2.75) is 24.8 Å². The van der Waals surface area contributed by atoms with Crippen LogP contribution < -0.4 is 15.8 Å². The number of rotatable bonds is 5. The SMILES string of the molecule is CNS(=O)(=O)c1ccc(NC(C)c2ncc(C)s2)cc1N. The van der Waals surface area contributed by atoms with Gasteiger partial charge in [0, 0.05) is 16.8 Å². The fraction of sp³-hybridized carbons (Fsp3) is 0.308. The molecule has 0 aliphatic rings. The number of sulfonamides is 1. The van der Waals surface area contributed by atoms with Crippen molar-refractivity contribution in [1.29, 1.82) is 0 Å². The Morgan fingerprint density at radius 1 is 1.38 bits per heavy atom. The average Bonchev–Trinajstić information content (AvgIpc) is 2.85. The van der Waals surface area contributed by atoms with Gasteiger partial charge in [-0.05, 0) is 39.1 Å². The highest BCUT2D eigenvalue weighted by Crippen LogP contribution is 2.27. The Bertz CT molecular complexity index is 740. The molecule has 0 amide bonds. The van der Waals surface area contributed by atoms with Gasteiger partial charge in [-0.1, -0.05) is 0 Å². The first kappa shape index (κ1) is 15.7. The van der Waals surface area contributed by atoms with Crippen molar-refractivity contribution in [3.05, 3.63) is 34.3 Å². The number of nitrogens with zero attached hydrogens (tertiary/aromatic N) is 1. The minimum absolute atomic E-state index is 0.0230. The molecule has 1 aromatic heterocycles. The van der Waals surface area contributed by atoms with Crippen LogP contribution in [0.25, 0.3) is 0 Å². The molecular weight excluding hydrogens is 308 g/mol. The highest BCUT2D eigenvalue weighted by atomic mass is 32.2. The molecule has 0 spiro atoms. The van der Waals surface area contributed by atoms with E-state index in [1.807, 2.05) is 20.0 Å². The van der Waals surface area contributed by atoms with Crippen LogP contribution in [0.2, 0.25) is 0 Å². The van der Waals surface area contributed by atoms with Crippen LogP contribution in [0.1, 0.15) is 22.9 Å². The Kier molecular flexibility index (Phi) is 4.50. The molecule has 0 aliphatic heterocycles. The lowest BCUT2D eigenvalue weighted by Crippen LogP contribution is -2.20. The van der Waals surface area contributed by atoms with Crippen LogP contribution >= 0.6 is 11.3 Å². The Hall–Kier alpha value is -1.64. The van der Waals surface area contributed by atoms with Crippen LogP contribution in [0.3, 0.4) is 0 Å². The van der Waals surface area contributed by atoms with Gasteiger partial charge in [0.1, 0.15) is 9.90 Å². The number of aromatic nitrogens is 1. The summed E-state index contributed by atoms with van der Waals surface area (Å²) in [6, 6.07) is 4.82. The lowest BCUT2D eigenvalue weighted by molar-refractivity contribution is 0.588. The number of hydrogen-bond donors (Lipinski definition) is 3. The molecule has 1 unspecified atom stereocenters. The third-order valence-electron chi connectivity index (χ3n) is 2.96. The molecule has 6 nitrogen and oxygen atoms in total. The molecule has 4 N–H and O–H groups in total. The van der Waals surface area contributed by atoms with E-state index in [1.165, 1.54) is 13.1 Å². The third-order valence-corrected chi connectivity index (χ3v) is 5.54. The van der Waals surface area contributed by atoms with E-state index >= 15 is 0 Å². The van der Waals surface area contributed by atoms with E-state index in [0.29, 0.717) is 0 Å². The smallest absolute Gasteiger partial charge is 0.242 e. The summed E-state index contributed by atoms with van der Waals surface area (Å²) in [5.41, 5.74) is 6.79. The lowest BCUT2D eigenvalue weighted by atomic mass is 10.2. The number of nitrogen functional groups attached to an aromatic ring is 1. The molecule has 0 fully saturated rings. The number of thiazole rings is 1. The van der Waals surface area contributed by atoms with Gasteiger partial charge in [-0.25, -0.2) is 18.1 Å². The van der Waals surface area contributed by atoms with Crippen molar-refractivity contribution in [3.63, 3.8) is 0 Å². The Morgan fingerprint density at radius 3 is 2.62 bits per heavy atom. The Balaban J connectivity index is 2.21. The lowest BCUT2D eigenvalue weighted by Gasteiger charge is -2.14. The predicted molar refractivity (Wildman–Crippen MR) is 86.0 cm³/mol. The second kappa shape index (κ2) is 6.00. The van der Waals surface area contributed by atoms with Crippen LogP contribution in [0, 0.1) is 6.92 Å². The van der Waals surface area contributed by atoms with Crippen LogP contribution in [0.15, 0.2) is 29.3 Å². The number of nitrogens with one attached hydrogen (secondary N) is 2. The average molecular weight is 326 g/mol. The molecule has 8 heteroatoms. The summed E-state index contributed by atoms with van der Waals surface area (Å²) >= 11 is 1.62. The van der Waals surface area contributed by atoms with Gasteiger partial charge in [0.05, 0.1) is 11.7 Å². The first-order valence-electron chi connectivity index (χ1n) is 6.35. The predicted octanol–water partition coefficient (Wildman–Crippen LogP) is 2.11. The minimum atomic E-state index is -3.54. The number of hydrogen-bond acceptors (Lipinski definition) is 6. The molecule has 114 valence electrons. The van der Waals surface area contributed by atoms with Crippen molar-refractivity contribution >= 4 is 32.7 Å². The van der Waals surface area contributed by atoms with Crippen molar-refractivity contribution in [2.24, 2.45) is 0 Å². The van der Waals surface area contributed by atoms with E-state index in [9.17, 15) is 8.42 Å². The summed E-state index contributed by atoms with van der Waals surface area (Å²) in [6.07, 6.45) is 1.83. The molecule has 0 aliphatic carbocycles. The second-order valence-corrected chi connectivity index (χ2v) is 7.76. The molecule has 2 aromatic rings. The standard InChI is InChI=1S/C13H18N4O2S2/c1-8-7-16-13(20-8)9(2)17-10-4-5-12(11(14)6-10)21(18,19)15-3/h4-7,9,15,17H,14H2,1-3H3. The molecular formula is C13H18N4O2S2. The van der Waals surface area contributed by atoms with Gasteiger partial charge in [-0.2, -0.15) is 0 Å². The summed E-state index contributed by atoms with van der Waals surface area (Å²) in [5.74, 6) is 0. The molecule has 1 aromatic carbocycles. The zero-order valence-electron chi connectivity index (χ0n) is 12.0. The van der Waals surface area contributed by atoms with E-state index < -0.39 is 10.0 Å². The number of aryl methyl sites for hydroxylation is 1. The van der Waals surface area contributed by atoms with Gasteiger partial charge in [0.25, 0.3) is 0 Å². The summed E-state index contributed by atoms with van der Waals surface area (Å²) in [4.78, 5) is 5.55. The van der Waals surface area contributed by atoms with E-state index in [-0.39, 0.29) is 16.6 Å². The van der Waals surface area contributed by atoms with Crippen LogP contribution in [0.4, 0.5) is 11.4 Å². The monoisotopic (exact) mass is 326 g/mol. The maximum Gasteiger partial charge on any atom is 0.242 e. The number of benzene rings is 1. The van der Waals surface area contributed by atoms with E-state index in [2.05, 4.69) is 15.0 Å². The van der Waals surface area contributed by atoms with Crippen LogP contribution in [-0.2, 0) is 10.0 Å². The quantitative estimate of drug-likeness (QED) is 0.731. The fourth-order valence-electron chi connectivity index (χ4n) is 1.88. The summed E-state index contributed by atoms with van der Waals surface area (Å²) in [6.45, 7) is 4.00. The van der Waals surface area contributed by atoms with E-state index in [0.717, 1.165) is 15.6 Å². The molecule has 0 bridgehead atoms. The summed E-state index contributed by atoms with van der Waals surface area (Å²) < 4.78 is 25.8. The van der Waals surface area contributed by atoms with Crippen LogP contribution in [0.5, 0.6) is 0 Å². The van der Waals surface area contributed by atoms with Gasteiger partial charge in [0.15, 0.2) is 0 Å². The van der Waals surface area contributed by atoms with Gasteiger partial charge < -0.3 is 11.1 Å². The third kappa shape index (κ3) is 3.52. The summed E-state index contributed by atoms with van der Waals surface area (Å²) in [7, 11) is -2.18. The number of anilines is 2. The molecule has 0 radical (unpaired) electrons. The maximum absolute atomic E-state index is 11.8. The first-order chi connectivity index (χ1) is 9.83. The Labute approximate surface area is 128 Å². The molecule has 1 heterocycles. The molecule has 1 atom stereocenters. The summed E-state index contributed by atoms with van der Waals surface area (Å²) in [5, 5.41) is 4.23. The van der Waals surface area contributed by atoms with Crippen molar-refractivity contribution in [2.75, 3.05) is 18.1 Å². The first-order valence-corrected chi connectivity index (χ1v) is 8.65. The van der Waals surface area contributed by atoms with E-state index in [1.54, 1.807) is 23.5 Å². The van der Waals surface area contributed by atoms with Gasteiger partial charge >= 0.3 is 0 Å². The second-order valence-electron chi connectivity index (χ2n) is 4.64. The van der Waals surface area contributed by atoms with E-state index in [4.69, 9.17) is 5.73 Å². The zero-order chi connectivity index (χ0) is 15.6. The Morgan fingerprint density at radius 2 is 2.10 bits per heavy atom. The van der Waals surface area contributed by atoms with Gasteiger partial charge in [-0.3, -0.25) is 0 Å². The fourth-order valence-corrected chi connectivity index (χ4v) is 3.49. The van der Waals surface area contributed by atoms with Crippen LogP contribution in [-0.4, -0.2) is 20.4 Å². The maximum atomic E-state index is 11.8. The van der Waals surface area contributed by atoms with Gasteiger partial charge in [-0.15, -0.1) is 11.3 Å². The highest BCUT2D eigenvalue weighted by molar-refractivity contribution is 7.89. The molecule has 21 heavy (non-hydrogen) atoms. The normalized spacial score (nSPS) is 13.1. The number of nitrogens with two attached hydrogens (primary N) is 1. The molecule has 0 saturated heterocycles.